The molecule has 176 valence electrons. The van der Waals surface area contributed by atoms with E-state index in [1.165, 1.54) is 0 Å². The van der Waals surface area contributed by atoms with Crippen molar-refractivity contribution in [2.24, 2.45) is 11.8 Å². The number of alkyl halides is 1. The summed E-state index contributed by atoms with van der Waals surface area (Å²) in [6.45, 7) is 9.91. The van der Waals surface area contributed by atoms with E-state index in [0.29, 0.717) is 24.8 Å². The van der Waals surface area contributed by atoms with Crippen LogP contribution in [0.5, 0.6) is 0 Å². The van der Waals surface area contributed by atoms with E-state index in [-0.39, 0.29) is 47.9 Å². The van der Waals surface area contributed by atoms with Crippen LogP contribution in [0.25, 0.3) is 0 Å². The Morgan fingerprint density at radius 3 is 2.35 bits per heavy atom. The summed E-state index contributed by atoms with van der Waals surface area (Å²) in [5, 5.41) is 6.77. The smallest absolute Gasteiger partial charge is 0.237 e. The maximum absolute atomic E-state index is 14.4. The van der Waals surface area contributed by atoms with Crippen molar-refractivity contribution in [3.8, 4) is 0 Å². The number of fused-ring (bicyclic) bond motifs is 1. The fourth-order valence-electron chi connectivity index (χ4n) is 7.01. The standard InChI is InChI=1S/C24H41FN4O2/c1-14-8-9-21(25)20-11-22(27-23(14)20)24(31)26-18-6-5-7-19(10-18)28-12-15(2)29(17(4)30)16(3)13-28/h14-16,18-23,27H,5-13H2,1-4H3,(H,26,31)/t14?,15-,16-,18?,19?,20?,21?,22?,23?/m0/s1. The molecule has 2 amide bonds. The summed E-state index contributed by atoms with van der Waals surface area (Å²) < 4.78 is 14.4. The van der Waals surface area contributed by atoms with Crippen molar-refractivity contribution in [1.29, 1.82) is 0 Å². The lowest BCUT2D eigenvalue weighted by atomic mass is 9.77. The fourth-order valence-corrected chi connectivity index (χ4v) is 7.01. The van der Waals surface area contributed by atoms with Crippen LogP contribution in [0, 0.1) is 11.8 Å². The van der Waals surface area contributed by atoms with Gasteiger partial charge in [-0.2, -0.15) is 0 Å². The van der Waals surface area contributed by atoms with Crippen LogP contribution >= 0.6 is 0 Å². The summed E-state index contributed by atoms with van der Waals surface area (Å²) in [5.41, 5.74) is 0. The molecule has 4 fully saturated rings. The Labute approximate surface area is 186 Å². The van der Waals surface area contributed by atoms with E-state index < -0.39 is 6.17 Å². The van der Waals surface area contributed by atoms with Gasteiger partial charge in [0.15, 0.2) is 0 Å². The molecule has 2 aliphatic carbocycles. The molecule has 4 aliphatic rings. The largest absolute Gasteiger partial charge is 0.352 e. The fraction of sp³-hybridized carbons (Fsp3) is 0.917. The first-order chi connectivity index (χ1) is 14.7. The Hall–Kier alpha value is -1.21. The molecule has 2 aliphatic heterocycles. The van der Waals surface area contributed by atoms with E-state index in [2.05, 4.69) is 36.3 Å². The van der Waals surface area contributed by atoms with Crippen molar-refractivity contribution in [3.63, 3.8) is 0 Å². The van der Waals surface area contributed by atoms with Crippen LogP contribution in [0.3, 0.4) is 0 Å². The van der Waals surface area contributed by atoms with Crippen LogP contribution in [0.15, 0.2) is 0 Å². The molecular formula is C24H41FN4O2. The predicted molar refractivity (Wildman–Crippen MR) is 119 cm³/mol. The Bertz CT molecular complexity index is 646. The van der Waals surface area contributed by atoms with Gasteiger partial charge in [0.2, 0.25) is 11.8 Å². The number of nitrogens with one attached hydrogen (secondary N) is 2. The number of hydrogen-bond donors (Lipinski definition) is 2. The Kier molecular flexibility index (Phi) is 6.92. The van der Waals surface area contributed by atoms with Gasteiger partial charge in [-0.05, 0) is 64.7 Å². The van der Waals surface area contributed by atoms with Gasteiger partial charge in [0.25, 0.3) is 0 Å². The zero-order chi connectivity index (χ0) is 22.3. The van der Waals surface area contributed by atoms with E-state index >= 15 is 0 Å². The highest BCUT2D eigenvalue weighted by Gasteiger charge is 2.46. The lowest BCUT2D eigenvalue weighted by Crippen LogP contribution is -2.61. The van der Waals surface area contributed by atoms with Gasteiger partial charge in [-0.15, -0.1) is 0 Å². The van der Waals surface area contributed by atoms with Crippen LogP contribution < -0.4 is 10.6 Å². The van der Waals surface area contributed by atoms with Crippen LogP contribution in [0.4, 0.5) is 4.39 Å². The maximum Gasteiger partial charge on any atom is 0.237 e. The van der Waals surface area contributed by atoms with Gasteiger partial charge in [0.05, 0.1) is 6.04 Å². The van der Waals surface area contributed by atoms with E-state index in [1.807, 2.05) is 4.90 Å². The lowest BCUT2D eigenvalue weighted by Gasteiger charge is -2.48. The van der Waals surface area contributed by atoms with Crippen molar-refractivity contribution in [2.45, 2.75) is 115 Å². The number of carbonyl (C=O) groups is 2. The summed E-state index contributed by atoms with van der Waals surface area (Å²) in [6.07, 6.45) is 5.63. The van der Waals surface area contributed by atoms with Crippen molar-refractivity contribution in [2.75, 3.05) is 13.1 Å². The first kappa shape index (κ1) is 23.0. The molecule has 7 unspecified atom stereocenters. The molecule has 9 atom stereocenters. The second-order valence-corrected chi connectivity index (χ2v) is 10.8. The zero-order valence-electron chi connectivity index (χ0n) is 19.6. The minimum Gasteiger partial charge on any atom is -0.352 e. The second-order valence-electron chi connectivity index (χ2n) is 10.8. The molecule has 2 heterocycles. The Morgan fingerprint density at radius 2 is 1.71 bits per heavy atom. The molecule has 0 aromatic rings. The molecule has 0 aromatic carbocycles. The third kappa shape index (κ3) is 4.77. The van der Waals surface area contributed by atoms with Gasteiger partial charge in [0, 0.05) is 56.1 Å². The lowest BCUT2D eigenvalue weighted by molar-refractivity contribution is -0.137. The molecule has 0 aromatic heterocycles. The van der Waals surface area contributed by atoms with Gasteiger partial charge in [-0.3, -0.25) is 14.5 Å². The average molecular weight is 437 g/mol. The second kappa shape index (κ2) is 9.34. The van der Waals surface area contributed by atoms with Crippen LogP contribution in [-0.2, 0) is 9.59 Å². The summed E-state index contributed by atoms with van der Waals surface area (Å²) >= 11 is 0. The monoisotopic (exact) mass is 436 g/mol. The quantitative estimate of drug-likeness (QED) is 0.713. The Balaban J connectivity index is 1.31. The van der Waals surface area contributed by atoms with Crippen molar-refractivity contribution in [3.05, 3.63) is 0 Å². The number of hydrogen-bond acceptors (Lipinski definition) is 4. The third-order valence-electron chi connectivity index (χ3n) is 8.47. The SMILES string of the molecule is CC(=O)N1[C@@H](C)CN(C2CCCC(NC(=O)C3CC4C(F)CCC(C)C4N3)C2)C[C@@H]1C. The van der Waals surface area contributed by atoms with Crippen molar-refractivity contribution >= 4 is 11.8 Å². The Morgan fingerprint density at radius 1 is 1.00 bits per heavy atom. The predicted octanol–water partition coefficient (Wildman–Crippen LogP) is 2.47. The first-order valence-electron chi connectivity index (χ1n) is 12.5. The van der Waals surface area contributed by atoms with Crippen molar-refractivity contribution < 1.29 is 14.0 Å². The summed E-state index contributed by atoms with van der Waals surface area (Å²) in [5.74, 6) is 0.635. The average Bonchev–Trinajstić information content (AvgIpc) is 3.17. The molecule has 0 bridgehead atoms. The van der Waals surface area contributed by atoms with E-state index in [4.69, 9.17) is 0 Å². The highest BCUT2D eigenvalue weighted by atomic mass is 19.1. The molecule has 2 saturated carbocycles. The third-order valence-corrected chi connectivity index (χ3v) is 8.47. The highest BCUT2D eigenvalue weighted by molar-refractivity contribution is 5.82. The van der Waals surface area contributed by atoms with E-state index in [0.717, 1.165) is 45.2 Å². The van der Waals surface area contributed by atoms with Crippen LogP contribution in [0.1, 0.15) is 72.6 Å². The minimum absolute atomic E-state index is 0.0147. The summed E-state index contributed by atoms with van der Waals surface area (Å²) in [7, 11) is 0. The molecule has 2 N–H and O–H groups in total. The van der Waals surface area contributed by atoms with Gasteiger partial charge < -0.3 is 15.5 Å². The zero-order valence-corrected chi connectivity index (χ0v) is 19.6. The molecular weight excluding hydrogens is 395 g/mol. The van der Waals surface area contributed by atoms with Crippen LogP contribution in [0.2, 0.25) is 0 Å². The molecule has 31 heavy (non-hydrogen) atoms. The van der Waals surface area contributed by atoms with Gasteiger partial charge in [-0.1, -0.05) is 6.92 Å². The summed E-state index contributed by atoms with van der Waals surface area (Å²) in [4.78, 5) is 29.5. The van der Waals surface area contributed by atoms with Crippen molar-refractivity contribution in [1.82, 2.24) is 20.4 Å². The maximum atomic E-state index is 14.4. The normalized spacial score (nSPS) is 44.0. The first-order valence-corrected chi connectivity index (χ1v) is 12.5. The van der Waals surface area contributed by atoms with E-state index in [1.54, 1.807) is 6.92 Å². The molecule has 2 saturated heterocycles. The molecule has 7 heteroatoms. The molecule has 0 radical (unpaired) electrons. The van der Waals surface area contributed by atoms with E-state index in [9.17, 15) is 14.0 Å². The number of nitrogens with zero attached hydrogens (tertiary/aromatic N) is 2. The van der Waals surface area contributed by atoms with Gasteiger partial charge in [0.1, 0.15) is 6.17 Å². The number of piperazine rings is 1. The summed E-state index contributed by atoms with van der Waals surface area (Å²) in [6, 6.07) is 0.960. The topological polar surface area (TPSA) is 64.7 Å². The van der Waals surface area contributed by atoms with Gasteiger partial charge >= 0.3 is 0 Å². The number of amides is 2. The van der Waals surface area contributed by atoms with Gasteiger partial charge in [-0.25, -0.2) is 4.39 Å². The van der Waals surface area contributed by atoms with Crippen LogP contribution in [-0.4, -0.2) is 77.1 Å². The minimum atomic E-state index is -0.775. The number of rotatable bonds is 3. The number of halogens is 1. The molecule has 6 nitrogen and oxygen atoms in total. The number of carbonyl (C=O) groups excluding carboxylic acids is 2. The molecule has 4 rings (SSSR count). The molecule has 0 spiro atoms. The highest BCUT2D eigenvalue weighted by Crippen LogP contribution is 2.38.